The van der Waals surface area contributed by atoms with Crippen molar-refractivity contribution in [1.82, 2.24) is 10.6 Å². The molecule has 26 heavy (non-hydrogen) atoms. The van der Waals surface area contributed by atoms with Gasteiger partial charge in [-0.05, 0) is 18.9 Å². The summed E-state index contributed by atoms with van der Waals surface area (Å²) in [6.07, 6.45) is -4.16. The Morgan fingerprint density at radius 1 is 1.23 bits per heavy atom. The Bertz CT molecular complexity index is 618. The van der Waals surface area contributed by atoms with Gasteiger partial charge in [0.15, 0.2) is 5.79 Å². The Kier molecular flexibility index (Phi) is 5.55. The second kappa shape index (κ2) is 7.54. The molecule has 0 saturated carbocycles. The first-order chi connectivity index (χ1) is 12.3. The number of rotatable bonds is 3. The van der Waals surface area contributed by atoms with Crippen molar-refractivity contribution in [3.63, 3.8) is 0 Å². The highest BCUT2D eigenvalue weighted by molar-refractivity contribution is 5.82. The molecule has 5 nitrogen and oxygen atoms in total. The van der Waals surface area contributed by atoms with Gasteiger partial charge in [-0.2, -0.15) is 13.2 Å². The number of nitrogens with one attached hydrogen (secondary N) is 2. The molecule has 2 fully saturated rings. The molecule has 3 rings (SSSR count). The molecule has 144 valence electrons. The summed E-state index contributed by atoms with van der Waals surface area (Å²) in [6.45, 7) is 2.46. The predicted molar refractivity (Wildman–Crippen MR) is 88.3 cm³/mol. The van der Waals surface area contributed by atoms with E-state index in [1.807, 2.05) is 30.3 Å². The topological polar surface area (TPSA) is 59.6 Å². The number of amides is 1. The van der Waals surface area contributed by atoms with Gasteiger partial charge in [0.05, 0.1) is 25.3 Å². The van der Waals surface area contributed by atoms with Gasteiger partial charge in [0.25, 0.3) is 0 Å². The molecule has 0 aromatic heterocycles. The first-order valence-corrected chi connectivity index (χ1v) is 8.75. The lowest BCUT2D eigenvalue weighted by molar-refractivity contribution is -0.301. The van der Waals surface area contributed by atoms with Crippen molar-refractivity contribution >= 4 is 5.91 Å². The summed E-state index contributed by atoms with van der Waals surface area (Å²) in [6, 6.07) is 6.04. The van der Waals surface area contributed by atoms with Gasteiger partial charge in [0, 0.05) is 12.8 Å². The molecule has 1 spiro atoms. The van der Waals surface area contributed by atoms with Crippen molar-refractivity contribution in [3.05, 3.63) is 35.9 Å². The van der Waals surface area contributed by atoms with Gasteiger partial charge in [-0.15, -0.1) is 0 Å². The number of piperidine rings is 1. The quantitative estimate of drug-likeness (QED) is 0.857. The first-order valence-electron chi connectivity index (χ1n) is 8.75. The number of alkyl halides is 3. The largest absolute Gasteiger partial charge is 0.404 e. The fourth-order valence-electron chi connectivity index (χ4n) is 3.44. The molecule has 0 radical (unpaired) electrons. The maximum atomic E-state index is 13.3. The zero-order valence-corrected chi connectivity index (χ0v) is 14.5. The highest BCUT2D eigenvalue weighted by atomic mass is 19.4. The van der Waals surface area contributed by atoms with Crippen molar-refractivity contribution in [2.75, 3.05) is 13.2 Å². The normalized spacial score (nSPS) is 27.1. The van der Waals surface area contributed by atoms with Crippen molar-refractivity contribution in [3.8, 4) is 0 Å². The third-order valence-corrected chi connectivity index (χ3v) is 4.82. The number of halogens is 3. The molecule has 8 heteroatoms. The third kappa shape index (κ3) is 4.36. The van der Waals surface area contributed by atoms with Gasteiger partial charge in [-0.25, -0.2) is 0 Å². The number of carbonyl (C=O) groups is 1. The molecule has 2 aliphatic heterocycles. The Labute approximate surface area is 150 Å². The highest BCUT2D eigenvalue weighted by Crippen LogP contribution is 2.38. The van der Waals surface area contributed by atoms with E-state index in [4.69, 9.17) is 9.47 Å². The van der Waals surface area contributed by atoms with Crippen LogP contribution in [0.25, 0.3) is 0 Å². The molecule has 0 aliphatic carbocycles. The lowest BCUT2D eigenvalue weighted by Crippen LogP contribution is -2.64. The monoisotopic (exact) mass is 372 g/mol. The predicted octanol–water partition coefficient (Wildman–Crippen LogP) is 2.68. The SMILES string of the molecule is C[C@@H](NC(=O)C1CC2(C[C@H](C(F)(F)F)N1)OCCCO2)c1ccccc1. The zero-order valence-electron chi connectivity index (χ0n) is 14.5. The van der Waals surface area contributed by atoms with Crippen LogP contribution in [0, 0.1) is 0 Å². The Morgan fingerprint density at radius 3 is 2.50 bits per heavy atom. The molecule has 2 heterocycles. The molecule has 1 aromatic carbocycles. The van der Waals surface area contributed by atoms with Crippen LogP contribution >= 0.6 is 0 Å². The Hall–Kier alpha value is -1.64. The molecular formula is C18H23F3N2O3. The van der Waals surface area contributed by atoms with Crippen LogP contribution in [-0.4, -0.2) is 43.2 Å². The number of hydrogen-bond donors (Lipinski definition) is 2. The van der Waals surface area contributed by atoms with E-state index in [0.29, 0.717) is 19.6 Å². The van der Waals surface area contributed by atoms with E-state index < -0.39 is 30.0 Å². The van der Waals surface area contributed by atoms with E-state index in [1.54, 1.807) is 6.92 Å². The van der Waals surface area contributed by atoms with Crippen molar-refractivity contribution in [1.29, 1.82) is 0 Å². The maximum absolute atomic E-state index is 13.3. The van der Waals surface area contributed by atoms with Gasteiger partial charge < -0.3 is 14.8 Å². The van der Waals surface area contributed by atoms with Crippen LogP contribution < -0.4 is 10.6 Å². The van der Waals surface area contributed by atoms with E-state index in [9.17, 15) is 18.0 Å². The number of carbonyl (C=O) groups excluding carboxylic acids is 1. The smallest absolute Gasteiger partial charge is 0.350 e. The number of ether oxygens (including phenoxy) is 2. The second-order valence-corrected chi connectivity index (χ2v) is 6.82. The average Bonchev–Trinajstić information content (AvgIpc) is 2.62. The van der Waals surface area contributed by atoms with E-state index >= 15 is 0 Å². The van der Waals surface area contributed by atoms with Gasteiger partial charge >= 0.3 is 6.18 Å². The van der Waals surface area contributed by atoms with Crippen LogP contribution in [0.2, 0.25) is 0 Å². The van der Waals surface area contributed by atoms with Gasteiger partial charge in [0.2, 0.25) is 5.91 Å². The van der Waals surface area contributed by atoms with Gasteiger partial charge in [-0.1, -0.05) is 30.3 Å². The van der Waals surface area contributed by atoms with E-state index in [0.717, 1.165) is 5.56 Å². The first kappa shape index (κ1) is 19.1. The Morgan fingerprint density at radius 2 is 1.88 bits per heavy atom. The van der Waals surface area contributed by atoms with Crippen LogP contribution in [0.1, 0.15) is 37.8 Å². The second-order valence-electron chi connectivity index (χ2n) is 6.82. The van der Waals surface area contributed by atoms with Crippen molar-refractivity contribution in [2.24, 2.45) is 0 Å². The molecule has 3 atom stereocenters. The third-order valence-electron chi connectivity index (χ3n) is 4.82. The summed E-state index contributed by atoms with van der Waals surface area (Å²) in [5.41, 5.74) is 0.879. The van der Waals surface area contributed by atoms with Gasteiger partial charge in [-0.3, -0.25) is 10.1 Å². The van der Waals surface area contributed by atoms with Gasteiger partial charge in [0.1, 0.15) is 6.04 Å². The van der Waals surface area contributed by atoms with Crippen LogP contribution in [0.5, 0.6) is 0 Å². The van der Waals surface area contributed by atoms with Crippen LogP contribution in [0.15, 0.2) is 30.3 Å². The maximum Gasteiger partial charge on any atom is 0.404 e. The van der Waals surface area contributed by atoms with Crippen LogP contribution in [0.4, 0.5) is 13.2 Å². The van der Waals surface area contributed by atoms with Crippen LogP contribution in [0.3, 0.4) is 0 Å². The van der Waals surface area contributed by atoms with Crippen LogP contribution in [-0.2, 0) is 14.3 Å². The highest BCUT2D eigenvalue weighted by Gasteiger charge is 2.53. The minimum Gasteiger partial charge on any atom is -0.350 e. The summed E-state index contributed by atoms with van der Waals surface area (Å²) in [5, 5.41) is 5.20. The van der Waals surface area contributed by atoms with E-state index in [1.165, 1.54) is 0 Å². The fourth-order valence-corrected chi connectivity index (χ4v) is 3.44. The zero-order chi connectivity index (χ0) is 18.8. The molecule has 2 saturated heterocycles. The molecule has 2 aliphatic rings. The lowest BCUT2D eigenvalue weighted by atomic mass is 9.90. The fraction of sp³-hybridized carbons (Fsp3) is 0.611. The molecule has 1 amide bonds. The van der Waals surface area contributed by atoms with Crippen molar-refractivity contribution < 1.29 is 27.4 Å². The molecule has 0 bridgehead atoms. The summed E-state index contributed by atoms with van der Waals surface area (Å²) >= 11 is 0. The Balaban J connectivity index is 1.73. The van der Waals surface area contributed by atoms with E-state index in [2.05, 4.69) is 10.6 Å². The summed E-state index contributed by atoms with van der Waals surface area (Å²) in [4.78, 5) is 12.6. The lowest BCUT2D eigenvalue weighted by Gasteiger charge is -2.46. The summed E-state index contributed by atoms with van der Waals surface area (Å²) in [7, 11) is 0. The average molecular weight is 372 g/mol. The standard InChI is InChI=1S/C18H23F3N2O3/c1-12(13-6-3-2-4-7-13)22-16(24)14-10-17(25-8-5-9-26-17)11-15(23-14)18(19,20)21/h2-4,6-7,12,14-15,23H,5,8-11H2,1H3,(H,22,24)/t12-,14?,15-/m1/s1. The molecule has 1 aromatic rings. The minimum atomic E-state index is -4.48. The summed E-state index contributed by atoms with van der Waals surface area (Å²) in [5.74, 6) is -1.85. The minimum absolute atomic E-state index is 0.0485. The summed E-state index contributed by atoms with van der Waals surface area (Å²) < 4.78 is 51.1. The van der Waals surface area contributed by atoms with E-state index in [-0.39, 0.29) is 18.9 Å². The molecule has 1 unspecified atom stereocenters. The molecular weight excluding hydrogens is 349 g/mol. The molecule has 2 N–H and O–H groups in total. The number of hydrogen-bond acceptors (Lipinski definition) is 4. The van der Waals surface area contributed by atoms with Crippen molar-refractivity contribution in [2.45, 2.75) is 56.3 Å². The number of benzene rings is 1.